The number of nitrogens with zero attached hydrogens (tertiary/aromatic N) is 2. The SMILES string of the molecule is O=C1c2cccnc2[C@H](Nc2cc(Cl)ccc2Cl)N1Cc1ccc(F)cc1. The first-order chi connectivity index (χ1) is 13.0. The van der Waals surface area contributed by atoms with Gasteiger partial charge in [0.25, 0.3) is 5.91 Å². The van der Waals surface area contributed by atoms with Crippen LogP contribution in [-0.4, -0.2) is 15.8 Å². The third-order valence-corrected chi connectivity index (χ3v) is 4.95. The molecule has 0 fully saturated rings. The number of benzene rings is 2. The molecule has 0 spiro atoms. The van der Waals surface area contributed by atoms with Crippen LogP contribution in [-0.2, 0) is 6.54 Å². The van der Waals surface area contributed by atoms with E-state index in [1.165, 1.54) is 12.1 Å². The second-order valence-electron chi connectivity index (χ2n) is 6.17. The minimum absolute atomic E-state index is 0.155. The monoisotopic (exact) mass is 401 g/mol. The Hall–Kier alpha value is -2.63. The topological polar surface area (TPSA) is 45.2 Å². The second kappa shape index (κ2) is 7.18. The number of anilines is 1. The third kappa shape index (κ3) is 3.48. The largest absolute Gasteiger partial charge is 0.359 e. The van der Waals surface area contributed by atoms with Crippen LogP contribution < -0.4 is 5.32 Å². The van der Waals surface area contributed by atoms with E-state index >= 15 is 0 Å². The fourth-order valence-electron chi connectivity index (χ4n) is 3.09. The van der Waals surface area contributed by atoms with E-state index in [2.05, 4.69) is 10.3 Å². The van der Waals surface area contributed by atoms with Gasteiger partial charge in [-0.2, -0.15) is 0 Å². The molecule has 0 bridgehead atoms. The molecular weight excluding hydrogens is 388 g/mol. The van der Waals surface area contributed by atoms with Crippen molar-refractivity contribution in [3.8, 4) is 0 Å². The Morgan fingerprint density at radius 3 is 2.67 bits per heavy atom. The van der Waals surface area contributed by atoms with Crippen LogP contribution >= 0.6 is 23.2 Å². The minimum Gasteiger partial charge on any atom is -0.359 e. The first-order valence-corrected chi connectivity index (χ1v) is 9.00. The zero-order valence-electron chi connectivity index (χ0n) is 14.0. The molecule has 0 unspecified atom stereocenters. The highest BCUT2D eigenvalue weighted by Crippen LogP contribution is 2.36. The van der Waals surface area contributed by atoms with Crippen molar-refractivity contribution < 1.29 is 9.18 Å². The lowest BCUT2D eigenvalue weighted by Crippen LogP contribution is -2.32. The van der Waals surface area contributed by atoms with Crippen LogP contribution in [0.2, 0.25) is 10.0 Å². The molecule has 4 rings (SSSR count). The molecule has 4 nitrogen and oxygen atoms in total. The Balaban J connectivity index is 1.71. The second-order valence-corrected chi connectivity index (χ2v) is 7.01. The number of fused-ring (bicyclic) bond motifs is 1. The number of carbonyl (C=O) groups excluding carboxylic acids is 1. The average molecular weight is 402 g/mol. The normalized spacial score (nSPS) is 15.7. The van der Waals surface area contributed by atoms with Gasteiger partial charge in [-0.3, -0.25) is 9.78 Å². The molecule has 0 aliphatic carbocycles. The summed E-state index contributed by atoms with van der Waals surface area (Å²) in [6, 6.07) is 14.6. The van der Waals surface area contributed by atoms with E-state index in [1.807, 2.05) is 0 Å². The van der Waals surface area contributed by atoms with Crippen LogP contribution in [0.15, 0.2) is 60.8 Å². The fourth-order valence-corrected chi connectivity index (χ4v) is 3.43. The minimum atomic E-state index is -0.519. The molecule has 1 aliphatic rings. The van der Waals surface area contributed by atoms with Crippen molar-refractivity contribution >= 4 is 34.8 Å². The molecule has 136 valence electrons. The van der Waals surface area contributed by atoms with E-state index in [4.69, 9.17) is 23.2 Å². The van der Waals surface area contributed by atoms with Crippen LogP contribution in [0.25, 0.3) is 0 Å². The van der Waals surface area contributed by atoms with Gasteiger partial charge in [-0.25, -0.2) is 4.39 Å². The van der Waals surface area contributed by atoms with Gasteiger partial charge in [0.2, 0.25) is 0 Å². The number of aromatic nitrogens is 1. The first-order valence-electron chi connectivity index (χ1n) is 8.25. The Kier molecular flexibility index (Phi) is 4.72. The smallest absolute Gasteiger partial charge is 0.258 e. The van der Waals surface area contributed by atoms with Gasteiger partial charge in [0.05, 0.1) is 22.0 Å². The zero-order chi connectivity index (χ0) is 19.0. The maximum atomic E-state index is 13.2. The molecule has 7 heteroatoms. The first kappa shape index (κ1) is 17.8. The molecule has 0 saturated carbocycles. The van der Waals surface area contributed by atoms with Crippen LogP contribution in [0.1, 0.15) is 27.8 Å². The number of pyridine rings is 1. The van der Waals surface area contributed by atoms with E-state index in [1.54, 1.807) is 53.6 Å². The van der Waals surface area contributed by atoms with Crippen LogP contribution in [0.3, 0.4) is 0 Å². The molecule has 2 aromatic carbocycles. The highest BCUT2D eigenvalue weighted by atomic mass is 35.5. The molecule has 1 aromatic heterocycles. The Morgan fingerprint density at radius 1 is 1.11 bits per heavy atom. The summed E-state index contributed by atoms with van der Waals surface area (Å²) in [5, 5.41) is 4.28. The summed E-state index contributed by atoms with van der Waals surface area (Å²) >= 11 is 12.4. The Labute approximate surface area is 165 Å². The van der Waals surface area contributed by atoms with E-state index in [0.29, 0.717) is 33.5 Å². The standard InChI is InChI=1S/C20H14Cl2FN3O/c21-13-5-8-16(22)17(10-13)25-19-18-15(2-1-9-24-18)20(27)26(19)11-12-3-6-14(23)7-4-12/h1-10,19,25H,11H2/t19-/m1/s1. The van der Waals surface area contributed by atoms with Gasteiger partial charge in [-0.05, 0) is 48.0 Å². The van der Waals surface area contributed by atoms with E-state index in [0.717, 1.165) is 5.56 Å². The number of hydrogen-bond acceptors (Lipinski definition) is 3. The molecule has 1 N–H and O–H groups in total. The lowest BCUT2D eigenvalue weighted by molar-refractivity contribution is 0.0728. The summed E-state index contributed by atoms with van der Waals surface area (Å²) in [5.41, 5.74) is 2.54. The number of rotatable bonds is 4. The van der Waals surface area contributed by atoms with Crippen molar-refractivity contribution in [2.75, 3.05) is 5.32 Å². The van der Waals surface area contributed by atoms with Crippen LogP contribution in [0, 0.1) is 5.82 Å². The molecule has 2 heterocycles. The lowest BCUT2D eigenvalue weighted by Gasteiger charge is -2.27. The summed E-state index contributed by atoms with van der Waals surface area (Å²) in [7, 11) is 0. The highest BCUT2D eigenvalue weighted by molar-refractivity contribution is 6.35. The number of carbonyl (C=O) groups is 1. The van der Waals surface area contributed by atoms with Gasteiger partial charge in [-0.15, -0.1) is 0 Å². The average Bonchev–Trinajstić information content (AvgIpc) is 2.92. The van der Waals surface area contributed by atoms with E-state index < -0.39 is 6.17 Å². The van der Waals surface area contributed by atoms with Crippen molar-refractivity contribution in [2.24, 2.45) is 0 Å². The lowest BCUT2D eigenvalue weighted by atomic mass is 10.2. The summed E-state index contributed by atoms with van der Waals surface area (Å²) in [6.07, 6.45) is 1.12. The molecular formula is C20H14Cl2FN3O. The van der Waals surface area contributed by atoms with Crippen LogP contribution in [0.5, 0.6) is 0 Å². The van der Waals surface area contributed by atoms with Crippen molar-refractivity contribution in [1.82, 2.24) is 9.88 Å². The van der Waals surface area contributed by atoms with Crippen molar-refractivity contribution in [3.63, 3.8) is 0 Å². The van der Waals surface area contributed by atoms with Crippen LogP contribution in [0.4, 0.5) is 10.1 Å². The fraction of sp³-hybridized carbons (Fsp3) is 0.100. The molecule has 0 radical (unpaired) electrons. The van der Waals surface area contributed by atoms with Gasteiger partial charge in [0.1, 0.15) is 12.0 Å². The summed E-state index contributed by atoms with van der Waals surface area (Å²) < 4.78 is 13.2. The van der Waals surface area contributed by atoms with E-state index in [9.17, 15) is 9.18 Å². The molecule has 0 saturated heterocycles. The van der Waals surface area contributed by atoms with Crippen molar-refractivity contribution in [3.05, 3.63) is 93.5 Å². The van der Waals surface area contributed by atoms with Crippen molar-refractivity contribution in [2.45, 2.75) is 12.7 Å². The van der Waals surface area contributed by atoms with E-state index in [-0.39, 0.29) is 11.7 Å². The van der Waals surface area contributed by atoms with Gasteiger partial charge in [0, 0.05) is 17.8 Å². The van der Waals surface area contributed by atoms with Gasteiger partial charge in [0.15, 0.2) is 0 Å². The molecule has 1 atom stereocenters. The van der Waals surface area contributed by atoms with Gasteiger partial charge in [-0.1, -0.05) is 35.3 Å². The Bertz CT molecular complexity index is 1010. The number of nitrogens with one attached hydrogen (secondary N) is 1. The summed E-state index contributed by atoms with van der Waals surface area (Å²) in [5.74, 6) is -0.477. The summed E-state index contributed by atoms with van der Waals surface area (Å²) in [6.45, 7) is 0.297. The zero-order valence-corrected chi connectivity index (χ0v) is 15.5. The molecule has 1 aliphatic heterocycles. The predicted octanol–water partition coefficient (Wildman–Crippen LogP) is 5.29. The molecule has 1 amide bonds. The summed E-state index contributed by atoms with van der Waals surface area (Å²) in [4.78, 5) is 19.0. The number of hydrogen-bond donors (Lipinski definition) is 1. The maximum absolute atomic E-state index is 13.2. The van der Waals surface area contributed by atoms with Gasteiger partial charge < -0.3 is 10.2 Å². The maximum Gasteiger partial charge on any atom is 0.258 e. The quantitative estimate of drug-likeness (QED) is 0.645. The third-order valence-electron chi connectivity index (χ3n) is 4.39. The molecule has 27 heavy (non-hydrogen) atoms. The van der Waals surface area contributed by atoms with Gasteiger partial charge >= 0.3 is 0 Å². The number of amides is 1. The van der Waals surface area contributed by atoms with Crippen molar-refractivity contribution in [1.29, 1.82) is 0 Å². The number of halogens is 3. The predicted molar refractivity (Wildman–Crippen MR) is 103 cm³/mol. The Morgan fingerprint density at radius 2 is 1.89 bits per heavy atom. The molecule has 3 aromatic rings. The highest BCUT2D eigenvalue weighted by Gasteiger charge is 2.38.